The molecule has 86 valence electrons. The molecule has 0 saturated carbocycles. The van der Waals surface area contributed by atoms with Gasteiger partial charge in [0.25, 0.3) is 0 Å². The molecule has 1 aliphatic heterocycles. The highest BCUT2D eigenvalue weighted by molar-refractivity contribution is 5.75. The van der Waals surface area contributed by atoms with Crippen molar-refractivity contribution in [3.63, 3.8) is 0 Å². The van der Waals surface area contributed by atoms with Crippen LogP contribution in [0.2, 0.25) is 0 Å². The Morgan fingerprint density at radius 1 is 1.60 bits per heavy atom. The number of hydrogen-bond donors (Lipinski definition) is 2. The largest absolute Gasteiger partial charge is 0.356 e. The number of hydrogen-bond acceptors (Lipinski definition) is 2. The molecule has 15 heavy (non-hydrogen) atoms. The fraction of sp³-hybridized carbons (Fsp3) is 0.750. The summed E-state index contributed by atoms with van der Waals surface area (Å²) in [4.78, 5) is 11.4. The van der Waals surface area contributed by atoms with E-state index in [1.807, 2.05) is 6.08 Å². The molecule has 1 atom stereocenters. The highest BCUT2D eigenvalue weighted by Crippen LogP contribution is 2.15. The van der Waals surface area contributed by atoms with Crippen molar-refractivity contribution in [3.05, 3.63) is 12.7 Å². The van der Waals surface area contributed by atoms with Crippen molar-refractivity contribution < 1.29 is 4.79 Å². The van der Waals surface area contributed by atoms with E-state index in [1.54, 1.807) is 0 Å². The predicted octanol–water partition coefficient (Wildman–Crippen LogP) is 1.46. The summed E-state index contributed by atoms with van der Waals surface area (Å²) in [6, 6.07) is 0. The molecule has 0 bridgehead atoms. The average Bonchev–Trinajstić information content (AvgIpc) is 2.28. The molecule has 3 nitrogen and oxygen atoms in total. The average molecular weight is 210 g/mol. The second kappa shape index (κ2) is 7.46. The van der Waals surface area contributed by atoms with Crippen molar-refractivity contribution in [3.8, 4) is 0 Å². The van der Waals surface area contributed by atoms with E-state index in [-0.39, 0.29) is 5.91 Å². The van der Waals surface area contributed by atoms with Crippen LogP contribution in [-0.4, -0.2) is 25.5 Å². The number of piperidine rings is 1. The molecule has 0 radical (unpaired) electrons. The lowest BCUT2D eigenvalue weighted by Gasteiger charge is -2.22. The van der Waals surface area contributed by atoms with E-state index in [4.69, 9.17) is 0 Å². The van der Waals surface area contributed by atoms with Crippen LogP contribution in [0.25, 0.3) is 0 Å². The van der Waals surface area contributed by atoms with Crippen molar-refractivity contribution in [2.24, 2.45) is 5.92 Å². The number of carbonyl (C=O) groups is 1. The summed E-state index contributed by atoms with van der Waals surface area (Å²) in [6.07, 6.45) is 6.90. The highest BCUT2D eigenvalue weighted by Gasteiger charge is 2.13. The van der Waals surface area contributed by atoms with Crippen LogP contribution in [0.15, 0.2) is 12.7 Å². The maximum atomic E-state index is 11.4. The minimum Gasteiger partial charge on any atom is -0.356 e. The Kier molecular flexibility index (Phi) is 6.09. The predicted molar refractivity (Wildman–Crippen MR) is 62.7 cm³/mol. The maximum Gasteiger partial charge on any atom is 0.220 e. The maximum absolute atomic E-state index is 11.4. The first kappa shape index (κ1) is 12.2. The molecule has 1 saturated heterocycles. The van der Waals surface area contributed by atoms with Gasteiger partial charge in [0.1, 0.15) is 0 Å². The molecule has 1 rings (SSSR count). The lowest BCUT2D eigenvalue weighted by Crippen LogP contribution is -2.31. The molecule has 1 fully saturated rings. The molecule has 1 unspecified atom stereocenters. The van der Waals surface area contributed by atoms with Crippen molar-refractivity contribution in [1.82, 2.24) is 10.6 Å². The molecule has 0 spiro atoms. The molecule has 0 aromatic heterocycles. The normalized spacial score (nSPS) is 20.9. The first-order valence-electron chi connectivity index (χ1n) is 5.91. The topological polar surface area (TPSA) is 41.1 Å². The monoisotopic (exact) mass is 210 g/mol. The van der Waals surface area contributed by atoms with Crippen LogP contribution in [-0.2, 0) is 4.79 Å². The summed E-state index contributed by atoms with van der Waals surface area (Å²) < 4.78 is 0. The van der Waals surface area contributed by atoms with E-state index in [0.29, 0.717) is 12.3 Å². The second-order valence-corrected chi connectivity index (χ2v) is 4.18. The van der Waals surface area contributed by atoms with Gasteiger partial charge < -0.3 is 10.6 Å². The van der Waals surface area contributed by atoms with Gasteiger partial charge in [0, 0.05) is 13.0 Å². The van der Waals surface area contributed by atoms with Gasteiger partial charge >= 0.3 is 0 Å². The molecule has 2 N–H and O–H groups in total. The zero-order valence-corrected chi connectivity index (χ0v) is 9.43. The summed E-state index contributed by atoms with van der Waals surface area (Å²) in [6.45, 7) is 6.57. The van der Waals surface area contributed by atoms with Crippen LogP contribution in [0.5, 0.6) is 0 Å². The quantitative estimate of drug-likeness (QED) is 0.515. The van der Waals surface area contributed by atoms with Crippen LogP contribution in [0.3, 0.4) is 0 Å². The fourth-order valence-corrected chi connectivity index (χ4v) is 1.91. The Labute approximate surface area is 92.3 Å². The van der Waals surface area contributed by atoms with Crippen molar-refractivity contribution >= 4 is 5.91 Å². The van der Waals surface area contributed by atoms with Gasteiger partial charge in [-0.2, -0.15) is 0 Å². The van der Waals surface area contributed by atoms with Gasteiger partial charge in [0.15, 0.2) is 0 Å². The van der Waals surface area contributed by atoms with Gasteiger partial charge in [-0.05, 0) is 44.7 Å². The number of amides is 1. The first-order chi connectivity index (χ1) is 7.33. The van der Waals surface area contributed by atoms with Crippen LogP contribution in [0, 0.1) is 5.92 Å². The summed E-state index contributed by atoms with van der Waals surface area (Å²) in [5.74, 6) is 0.881. The Hall–Kier alpha value is -0.830. The van der Waals surface area contributed by atoms with E-state index in [2.05, 4.69) is 17.2 Å². The second-order valence-electron chi connectivity index (χ2n) is 4.18. The molecule has 0 aromatic carbocycles. The van der Waals surface area contributed by atoms with Crippen molar-refractivity contribution in [1.29, 1.82) is 0 Å². The lowest BCUT2D eigenvalue weighted by molar-refractivity contribution is -0.121. The van der Waals surface area contributed by atoms with Gasteiger partial charge in [-0.3, -0.25) is 4.79 Å². The number of rotatable bonds is 6. The van der Waals surface area contributed by atoms with Gasteiger partial charge in [0.2, 0.25) is 5.91 Å². The van der Waals surface area contributed by atoms with Crippen LogP contribution in [0.1, 0.15) is 32.1 Å². The molecule has 1 aliphatic rings. The van der Waals surface area contributed by atoms with Gasteiger partial charge in [-0.15, -0.1) is 6.58 Å². The minimum atomic E-state index is 0.183. The van der Waals surface area contributed by atoms with E-state index >= 15 is 0 Å². The van der Waals surface area contributed by atoms with Crippen LogP contribution in [0.4, 0.5) is 0 Å². The molecule has 1 heterocycles. The first-order valence-corrected chi connectivity index (χ1v) is 5.91. The third-order valence-corrected chi connectivity index (χ3v) is 2.85. The Bertz CT molecular complexity index is 198. The van der Waals surface area contributed by atoms with Crippen LogP contribution < -0.4 is 10.6 Å². The van der Waals surface area contributed by atoms with E-state index in [9.17, 15) is 4.79 Å². The SMILES string of the molecule is C=CCCNC(=O)CCC1CCCNC1. The van der Waals surface area contributed by atoms with E-state index in [0.717, 1.165) is 32.5 Å². The smallest absolute Gasteiger partial charge is 0.220 e. The number of nitrogens with one attached hydrogen (secondary N) is 2. The van der Waals surface area contributed by atoms with E-state index < -0.39 is 0 Å². The van der Waals surface area contributed by atoms with Gasteiger partial charge in [0.05, 0.1) is 0 Å². The summed E-state index contributed by atoms with van der Waals surface area (Å²) in [7, 11) is 0. The van der Waals surface area contributed by atoms with Crippen molar-refractivity contribution in [2.45, 2.75) is 32.1 Å². The van der Waals surface area contributed by atoms with Gasteiger partial charge in [-0.1, -0.05) is 6.08 Å². The lowest BCUT2D eigenvalue weighted by atomic mass is 9.94. The molecule has 0 aromatic rings. The summed E-state index contributed by atoms with van der Waals surface area (Å²) >= 11 is 0. The molecular weight excluding hydrogens is 188 g/mol. The molecule has 0 aliphatic carbocycles. The Morgan fingerprint density at radius 3 is 3.13 bits per heavy atom. The Balaban J connectivity index is 2.02. The molecular formula is C12H22N2O. The third kappa shape index (κ3) is 5.57. The highest BCUT2D eigenvalue weighted by atomic mass is 16.1. The molecule has 3 heteroatoms. The minimum absolute atomic E-state index is 0.183. The van der Waals surface area contributed by atoms with Crippen molar-refractivity contribution in [2.75, 3.05) is 19.6 Å². The zero-order chi connectivity index (χ0) is 10.9. The standard InChI is InChI=1S/C12H22N2O/c1-2-3-9-14-12(15)7-6-11-5-4-8-13-10-11/h2,11,13H,1,3-10H2,(H,14,15). The summed E-state index contributed by atoms with van der Waals surface area (Å²) in [5.41, 5.74) is 0. The zero-order valence-electron chi connectivity index (χ0n) is 9.43. The fourth-order valence-electron chi connectivity index (χ4n) is 1.91. The number of carbonyl (C=O) groups excluding carboxylic acids is 1. The Morgan fingerprint density at radius 2 is 2.47 bits per heavy atom. The third-order valence-electron chi connectivity index (χ3n) is 2.85. The summed E-state index contributed by atoms with van der Waals surface area (Å²) in [5, 5.41) is 6.26. The van der Waals surface area contributed by atoms with E-state index in [1.165, 1.54) is 12.8 Å². The molecule has 1 amide bonds. The van der Waals surface area contributed by atoms with Gasteiger partial charge in [-0.25, -0.2) is 0 Å². The van der Waals surface area contributed by atoms with Crippen LogP contribution >= 0.6 is 0 Å².